The van der Waals surface area contributed by atoms with E-state index in [2.05, 4.69) is 16.8 Å². The summed E-state index contributed by atoms with van der Waals surface area (Å²) in [7, 11) is 6.41. The third kappa shape index (κ3) is 11.8. The Hall–Kier alpha value is -3.89. The first kappa shape index (κ1) is 36.6. The number of unbranched alkanes of at least 4 members (excludes halogenated alkanes) is 2. The number of carbonyl (C=O) groups is 4. The summed E-state index contributed by atoms with van der Waals surface area (Å²) in [6.07, 6.45) is 2.45. The molecule has 16 heteroatoms. The van der Waals surface area contributed by atoms with Gasteiger partial charge in [0.05, 0.1) is 4.92 Å². The first-order valence-electron chi connectivity index (χ1n) is 14.9. The van der Waals surface area contributed by atoms with Crippen molar-refractivity contribution in [1.82, 2.24) is 19.8 Å². The Balaban J connectivity index is 1.53. The highest BCUT2D eigenvalue weighted by molar-refractivity contribution is 8.76. The van der Waals surface area contributed by atoms with Crippen LogP contribution >= 0.6 is 21.6 Å². The van der Waals surface area contributed by atoms with Gasteiger partial charge in [0.1, 0.15) is 11.9 Å². The van der Waals surface area contributed by atoms with Crippen LogP contribution in [-0.4, -0.2) is 88.3 Å². The Morgan fingerprint density at radius 2 is 1.76 bits per heavy atom. The highest BCUT2D eigenvalue weighted by Crippen LogP contribution is 2.36. The minimum atomic E-state index is -1.18. The van der Waals surface area contributed by atoms with Crippen LogP contribution in [0.4, 0.5) is 15.3 Å². The van der Waals surface area contributed by atoms with Gasteiger partial charge < -0.3 is 19.3 Å². The second-order valence-electron chi connectivity index (χ2n) is 10.5. The lowest BCUT2D eigenvalue weighted by atomic mass is 10.0. The Labute approximate surface area is 275 Å². The number of aromatic nitrogens is 1. The molecule has 1 unspecified atom stereocenters. The van der Waals surface area contributed by atoms with E-state index in [1.54, 1.807) is 31.3 Å². The number of amides is 3. The normalized spacial score (nSPS) is 13.5. The molecule has 250 valence electrons. The largest absolute Gasteiger partial charge is 0.534 e. The van der Waals surface area contributed by atoms with Gasteiger partial charge in [-0.1, -0.05) is 41.3 Å². The summed E-state index contributed by atoms with van der Waals surface area (Å²) in [4.78, 5) is 72.2. The first-order valence-corrected chi connectivity index (χ1v) is 17.3. The van der Waals surface area contributed by atoms with Gasteiger partial charge in [-0.2, -0.15) is 0 Å². The molecule has 3 rings (SSSR count). The van der Waals surface area contributed by atoms with Gasteiger partial charge in [0.15, 0.2) is 5.03 Å². The lowest BCUT2D eigenvalue weighted by molar-refractivity contribution is -0.388. The summed E-state index contributed by atoms with van der Waals surface area (Å²) < 4.78 is 11.0. The Bertz CT molecular complexity index is 1330. The molecule has 0 N–H and O–H groups in total. The minimum Gasteiger partial charge on any atom is -0.425 e. The molecule has 46 heavy (non-hydrogen) atoms. The standard InChI is InChI=1S/C30H39N5O9S2/c1-4-32(2)19-9-20-33(3)29(38)42-23-14-12-22(13-15-23)25(43-30(39)44-34-26(36)16-17-27(34)37)11-6-5-7-21-45-46-28-24(35(40)41)10-8-18-31-28/h8,10,12-15,18,25H,4-7,9,11,16-17,19-21H2,1-3H3. The second-order valence-corrected chi connectivity index (χ2v) is 12.9. The lowest BCUT2D eigenvalue weighted by Gasteiger charge is -2.21. The molecule has 0 bridgehead atoms. The zero-order chi connectivity index (χ0) is 33.5. The molecule has 1 aliphatic rings. The predicted octanol–water partition coefficient (Wildman–Crippen LogP) is 6.02. The number of rotatable bonds is 18. The summed E-state index contributed by atoms with van der Waals surface area (Å²) in [6, 6.07) is 9.50. The number of ether oxygens (including phenoxy) is 2. The molecule has 1 saturated heterocycles. The Kier molecular flexibility index (Phi) is 15.1. The van der Waals surface area contributed by atoms with Gasteiger partial charge in [-0.15, -0.1) is 0 Å². The van der Waals surface area contributed by atoms with Gasteiger partial charge in [-0.05, 0) is 80.4 Å². The molecule has 1 aliphatic heterocycles. The fourth-order valence-electron chi connectivity index (χ4n) is 4.27. The maximum atomic E-state index is 12.6. The zero-order valence-electron chi connectivity index (χ0n) is 26.1. The van der Waals surface area contributed by atoms with E-state index in [0.717, 1.165) is 38.1 Å². The van der Waals surface area contributed by atoms with Crippen molar-refractivity contribution in [1.29, 1.82) is 0 Å². The number of pyridine rings is 1. The quantitative estimate of drug-likeness (QED) is 0.0450. The van der Waals surface area contributed by atoms with Gasteiger partial charge in [-0.3, -0.25) is 24.5 Å². The van der Waals surface area contributed by atoms with E-state index in [9.17, 15) is 29.3 Å². The average Bonchev–Trinajstić information content (AvgIpc) is 3.36. The van der Waals surface area contributed by atoms with E-state index >= 15 is 0 Å². The molecule has 1 atom stereocenters. The molecule has 3 amide bonds. The lowest BCUT2D eigenvalue weighted by Crippen LogP contribution is -2.32. The van der Waals surface area contributed by atoms with Crippen LogP contribution in [0.15, 0.2) is 47.6 Å². The number of hydroxylamine groups is 2. The van der Waals surface area contributed by atoms with Crippen LogP contribution in [0.25, 0.3) is 0 Å². The fourth-order valence-corrected chi connectivity index (χ4v) is 6.44. The maximum Gasteiger partial charge on any atom is 0.534 e. The molecular weight excluding hydrogens is 638 g/mol. The number of hydrogen-bond donors (Lipinski definition) is 0. The van der Waals surface area contributed by atoms with Gasteiger partial charge in [0.25, 0.3) is 11.8 Å². The highest BCUT2D eigenvalue weighted by atomic mass is 33.1. The van der Waals surface area contributed by atoms with E-state index in [4.69, 9.17) is 14.3 Å². The van der Waals surface area contributed by atoms with Gasteiger partial charge in [0, 0.05) is 44.5 Å². The van der Waals surface area contributed by atoms with E-state index in [1.165, 1.54) is 44.8 Å². The van der Waals surface area contributed by atoms with Crippen LogP contribution in [-0.2, 0) is 19.2 Å². The third-order valence-corrected chi connectivity index (χ3v) is 9.40. The van der Waals surface area contributed by atoms with E-state index in [1.807, 2.05) is 7.05 Å². The molecule has 0 spiro atoms. The molecule has 2 aromatic rings. The second kappa shape index (κ2) is 18.9. The molecule has 0 saturated carbocycles. The summed E-state index contributed by atoms with van der Waals surface area (Å²) >= 11 is 0. The first-order chi connectivity index (χ1) is 22.1. The van der Waals surface area contributed by atoms with Crippen molar-refractivity contribution in [2.45, 2.75) is 63.0 Å². The number of carbonyl (C=O) groups excluding carboxylic acids is 4. The molecule has 1 aromatic heterocycles. The number of imide groups is 1. The fraction of sp³-hybridized carbons (Fsp3) is 0.500. The maximum absolute atomic E-state index is 12.6. The SMILES string of the molecule is CCN(C)CCCN(C)C(=O)Oc1ccc(C(CCCCCSSc2ncccc2[N+](=O)[O-])OC(=O)ON2C(=O)CCC2=O)cc1. The van der Waals surface area contributed by atoms with E-state index in [-0.39, 0.29) is 18.5 Å². The van der Waals surface area contributed by atoms with Crippen LogP contribution in [0.3, 0.4) is 0 Å². The van der Waals surface area contributed by atoms with Gasteiger partial charge in [0.2, 0.25) is 0 Å². The predicted molar refractivity (Wildman–Crippen MR) is 172 cm³/mol. The highest BCUT2D eigenvalue weighted by Gasteiger charge is 2.34. The molecule has 1 aromatic carbocycles. The van der Waals surface area contributed by atoms with E-state index in [0.29, 0.717) is 40.8 Å². The number of nitrogens with zero attached hydrogens (tertiary/aromatic N) is 5. The summed E-state index contributed by atoms with van der Waals surface area (Å²) in [5, 5.41) is 12.0. The number of nitro groups is 1. The summed E-state index contributed by atoms with van der Waals surface area (Å²) in [6.45, 7) is 4.40. The summed E-state index contributed by atoms with van der Waals surface area (Å²) in [5.41, 5.74) is 0.576. The average molecular weight is 678 g/mol. The van der Waals surface area contributed by atoms with Crippen molar-refractivity contribution in [3.05, 3.63) is 58.3 Å². The summed E-state index contributed by atoms with van der Waals surface area (Å²) in [5.74, 6) is -0.185. The Morgan fingerprint density at radius 3 is 2.43 bits per heavy atom. The van der Waals surface area contributed by atoms with Crippen LogP contribution in [0, 0.1) is 10.1 Å². The zero-order valence-corrected chi connectivity index (χ0v) is 27.8. The van der Waals surface area contributed by atoms with E-state index < -0.39 is 35.1 Å². The topological polar surface area (TPSA) is 162 Å². The molecular formula is C30H39N5O9S2. The van der Waals surface area contributed by atoms with Crippen LogP contribution < -0.4 is 4.74 Å². The smallest absolute Gasteiger partial charge is 0.425 e. The third-order valence-electron chi connectivity index (χ3n) is 7.03. The van der Waals surface area contributed by atoms with Crippen molar-refractivity contribution in [3.8, 4) is 5.75 Å². The van der Waals surface area contributed by atoms with Crippen molar-refractivity contribution in [3.63, 3.8) is 0 Å². The molecule has 0 aliphatic carbocycles. The van der Waals surface area contributed by atoms with Crippen LogP contribution in [0.1, 0.15) is 63.5 Å². The Morgan fingerprint density at radius 1 is 1.04 bits per heavy atom. The molecule has 1 fully saturated rings. The number of benzene rings is 1. The van der Waals surface area contributed by atoms with Crippen molar-refractivity contribution < 1.29 is 38.4 Å². The molecule has 14 nitrogen and oxygen atoms in total. The number of hydrogen-bond acceptors (Lipinski definition) is 13. The van der Waals surface area contributed by atoms with Crippen molar-refractivity contribution in [2.24, 2.45) is 0 Å². The molecule has 2 heterocycles. The van der Waals surface area contributed by atoms with Gasteiger partial charge >= 0.3 is 17.9 Å². The van der Waals surface area contributed by atoms with Crippen molar-refractivity contribution in [2.75, 3.05) is 39.5 Å². The van der Waals surface area contributed by atoms with Crippen LogP contribution in [0.2, 0.25) is 0 Å². The minimum absolute atomic E-state index is 0.0348. The van der Waals surface area contributed by atoms with Crippen molar-refractivity contribution >= 4 is 51.3 Å². The van der Waals surface area contributed by atoms with Gasteiger partial charge in [-0.25, -0.2) is 14.6 Å². The van der Waals surface area contributed by atoms with Crippen LogP contribution in [0.5, 0.6) is 5.75 Å². The molecule has 0 radical (unpaired) electrons. The monoisotopic (exact) mass is 677 g/mol.